The molecule has 2 aromatic heterocycles. The lowest BCUT2D eigenvalue weighted by atomic mass is 9.82. The van der Waals surface area contributed by atoms with Crippen LogP contribution in [0, 0.1) is 0 Å². The molecule has 60 heavy (non-hydrogen) atoms. The van der Waals surface area contributed by atoms with Crippen LogP contribution in [0.3, 0.4) is 0 Å². The lowest BCUT2D eigenvalue weighted by molar-refractivity contribution is 0.660. The fourth-order valence-corrected chi connectivity index (χ4v) is 9.60. The molecule has 1 aliphatic carbocycles. The third kappa shape index (κ3) is 5.34. The lowest BCUT2D eigenvalue weighted by Crippen LogP contribution is -2.14. The Bertz CT molecular complexity index is 3430. The van der Waals surface area contributed by atoms with Crippen LogP contribution in [0.5, 0.6) is 0 Å². The second-order valence-electron chi connectivity index (χ2n) is 16.5. The molecule has 0 bridgehead atoms. The minimum atomic E-state index is -0.0772. The highest BCUT2D eigenvalue weighted by atomic mass is 15.0. The van der Waals surface area contributed by atoms with Gasteiger partial charge >= 0.3 is 0 Å². The van der Waals surface area contributed by atoms with Crippen LogP contribution in [-0.4, -0.2) is 19.5 Å². The molecule has 4 heteroatoms. The van der Waals surface area contributed by atoms with E-state index in [0.29, 0.717) is 17.5 Å². The zero-order valence-electron chi connectivity index (χ0n) is 33.3. The maximum absolute atomic E-state index is 5.23. The summed E-state index contributed by atoms with van der Waals surface area (Å²) in [6.45, 7) is 4.69. The number of para-hydroxylation sites is 1. The summed E-state index contributed by atoms with van der Waals surface area (Å²) in [6.07, 6.45) is 0. The first-order valence-corrected chi connectivity index (χ1v) is 20.6. The molecule has 11 aromatic rings. The van der Waals surface area contributed by atoms with Crippen molar-refractivity contribution in [3.05, 3.63) is 205 Å². The molecule has 9 aromatic carbocycles. The zero-order chi connectivity index (χ0) is 40.0. The number of benzene rings is 9. The number of fused-ring (bicyclic) bond motifs is 8. The largest absolute Gasteiger partial charge is 0.309 e. The van der Waals surface area contributed by atoms with E-state index in [4.69, 9.17) is 15.0 Å². The summed E-state index contributed by atoms with van der Waals surface area (Å²) in [4.78, 5) is 15.6. The van der Waals surface area contributed by atoms with Gasteiger partial charge in [-0.1, -0.05) is 153 Å². The van der Waals surface area contributed by atoms with Crippen LogP contribution < -0.4 is 0 Å². The van der Waals surface area contributed by atoms with E-state index in [1.165, 1.54) is 49.5 Å². The number of aromatic nitrogens is 4. The summed E-state index contributed by atoms with van der Waals surface area (Å²) in [5, 5.41) is 6.96. The van der Waals surface area contributed by atoms with Crippen molar-refractivity contribution in [3.8, 4) is 62.1 Å². The van der Waals surface area contributed by atoms with Crippen LogP contribution in [0.15, 0.2) is 194 Å². The molecule has 0 saturated heterocycles. The van der Waals surface area contributed by atoms with Crippen molar-refractivity contribution in [2.45, 2.75) is 19.3 Å². The Labute approximate surface area is 348 Å². The summed E-state index contributed by atoms with van der Waals surface area (Å²) in [6, 6.07) is 69.7. The van der Waals surface area contributed by atoms with E-state index in [1.807, 2.05) is 0 Å². The summed E-state index contributed by atoms with van der Waals surface area (Å²) in [7, 11) is 0. The molecule has 0 fully saturated rings. The molecule has 0 saturated carbocycles. The summed E-state index contributed by atoms with van der Waals surface area (Å²) < 4.78 is 2.38. The Morgan fingerprint density at radius 2 is 0.833 bits per heavy atom. The van der Waals surface area contributed by atoms with Gasteiger partial charge in [0.2, 0.25) is 0 Å². The van der Waals surface area contributed by atoms with Crippen LogP contribution in [0.25, 0.3) is 105 Å². The molecule has 0 radical (unpaired) electrons. The molecular formula is C56H38N4. The van der Waals surface area contributed by atoms with Crippen LogP contribution in [0.2, 0.25) is 0 Å². The topological polar surface area (TPSA) is 43.6 Å². The molecular weight excluding hydrogens is 729 g/mol. The molecule has 0 amide bonds. The van der Waals surface area contributed by atoms with Gasteiger partial charge in [-0.15, -0.1) is 0 Å². The monoisotopic (exact) mass is 766 g/mol. The predicted molar refractivity (Wildman–Crippen MR) is 248 cm³/mol. The quantitative estimate of drug-likeness (QED) is 0.175. The van der Waals surface area contributed by atoms with E-state index in [9.17, 15) is 0 Å². The fourth-order valence-electron chi connectivity index (χ4n) is 9.60. The second-order valence-corrected chi connectivity index (χ2v) is 16.5. The maximum atomic E-state index is 5.23. The highest BCUT2D eigenvalue weighted by molar-refractivity contribution is 6.12. The average Bonchev–Trinajstić information content (AvgIpc) is 3.76. The van der Waals surface area contributed by atoms with Gasteiger partial charge < -0.3 is 4.57 Å². The second kappa shape index (κ2) is 13.2. The van der Waals surface area contributed by atoms with Crippen molar-refractivity contribution in [2.24, 2.45) is 0 Å². The average molecular weight is 767 g/mol. The van der Waals surface area contributed by atoms with Crippen LogP contribution in [-0.2, 0) is 5.41 Å². The van der Waals surface area contributed by atoms with Gasteiger partial charge in [0.25, 0.3) is 0 Å². The van der Waals surface area contributed by atoms with Crippen molar-refractivity contribution in [3.63, 3.8) is 0 Å². The van der Waals surface area contributed by atoms with Gasteiger partial charge in [0.1, 0.15) is 0 Å². The van der Waals surface area contributed by atoms with E-state index in [0.717, 1.165) is 49.6 Å². The Morgan fingerprint density at radius 3 is 1.47 bits per heavy atom. The smallest absolute Gasteiger partial charge is 0.164 e. The van der Waals surface area contributed by atoms with Gasteiger partial charge in [0, 0.05) is 38.6 Å². The zero-order valence-corrected chi connectivity index (χ0v) is 33.3. The van der Waals surface area contributed by atoms with Crippen LogP contribution >= 0.6 is 0 Å². The van der Waals surface area contributed by atoms with E-state index >= 15 is 0 Å². The fraction of sp³-hybridized carbons (Fsp3) is 0.0536. The van der Waals surface area contributed by atoms with Crippen molar-refractivity contribution >= 4 is 43.4 Å². The SMILES string of the molecule is CC1(C)c2ccccc2-c2c(-c3ccc4c(c3)c3cc(-c5nc(-c6ccc7ccccc7c6)nc(-c6ccc7ccccc7c6)n5)ccc3n4-c3ccccc3)cccc21. The first-order chi connectivity index (χ1) is 29.5. The van der Waals surface area contributed by atoms with Gasteiger partial charge in [-0.05, 0) is 110 Å². The number of nitrogens with zero attached hydrogens (tertiary/aromatic N) is 4. The molecule has 1 aliphatic rings. The molecule has 282 valence electrons. The standard InChI is InChI=1S/C56H38N4/c1-56(2)48-21-11-10-19-45(48)52-44(20-12-22-49(52)56)39-27-29-50-46(33-39)47-34-42(28-30-51(47)60(50)43-17-4-3-5-18-43)55-58-53(40-25-23-35-13-6-8-15-37(35)31-40)57-54(59-55)41-26-24-36-14-7-9-16-38(36)32-41/h3-34H,1-2H3. The molecule has 0 spiro atoms. The van der Waals surface area contributed by atoms with Gasteiger partial charge in [0.15, 0.2) is 17.5 Å². The van der Waals surface area contributed by atoms with E-state index in [-0.39, 0.29) is 5.41 Å². The molecule has 0 N–H and O–H groups in total. The van der Waals surface area contributed by atoms with Gasteiger partial charge in [-0.3, -0.25) is 0 Å². The van der Waals surface area contributed by atoms with E-state index in [1.54, 1.807) is 0 Å². The number of rotatable bonds is 5. The van der Waals surface area contributed by atoms with Gasteiger partial charge in [-0.2, -0.15) is 0 Å². The lowest BCUT2D eigenvalue weighted by Gasteiger charge is -2.21. The van der Waals surface area contributed by atoms with Crippen molar-refractivity contribution < 1.29 is 0 Å². The highest BCUT2D eigenvalue weighted by Gasteiger charge is 2.36. The summed E-state index contributed by atoms with van der Waals surface area (Å²) >= 11 is 0. The Balaban J connectivity index is 1.08. The minimum Gasteiger partial charge on any atom is -0.309 e. The third-order valence-corrected chi connectivity index (χ3v) is 12.6. The number of hydrogen-bond acceptors (Lipinski definition) is 3. The summed E-state index contributed by atoms with van der Waals surface area (Å²) in [5.74, 6) is 1.92. The Morgan fingerprint density at radius 1 is 0.367 bits per heavy atom. The van der Waals surface area contributed by atoms with Crippen LogP contribution in [0.1, 0.15) is 25.0 Å². The maximum Gasteiger partial charge on any atom is 0.164 e. The van der Waals surface area contributed by atoms with Crippen molar-refractivity contribution in [1.82, 2.24) is 19.5 Å². The van der Waals surface area contributed by atoms with Gasteiger partial charge in [-0.25, -0.2) is 15.0 Å². The molecule has 2 heterocycles. The molecule has 0 aliphatic heterocycles. The molecule has 4 nitrogen and oxygen atoms in total. The molecule has 0 unspecified atom stereocenters. The van der Waals surface area contributed by atoms with E-state index < -0.39 is 0 Å². The van der Waals surface area contributed by atoms with Crippen molar-refractivity contribution in [1.29, 1.82) is 0 Å². The molecule has 0 atom stereocenters. The highest BCUT2D eigenvalue weighted by Crippen LogP contribution is 2.52. The summed E-state index contributed by atoms with van der Waals surface area (Å²) in [5.41, 5.74) is 14.0. The number of hydrogen-bond donors (Lipinski definition) is 0. The van der Waals surface area contributed by atoms with Crippen LogP contribution in [0.4, 0.5) is 0 Å². The van der Waals surface area contributed by atoms with E-state index in [2.05, 4.69) is 213 Å². The first kappa shape index (κ1) is 34.4. The first-order valence-electron chi connectivity index (χ1n) is 20.6. The predicted octanol–water partition coefficient (Wildman–Crippen LogP) is 14.2. The Kier molecular flexibility index (Phi) is 7.54. The van der Waals surface area contributed by atoms with Crippen molar-refractivity contribution in [2.75, 3.05) is 0 Å². The third-order valence-electron chi connectivity index (χ3n) is 12.6. The normalized spacial score (nSPS) is 13.0. The molecule has 12 rings (SSSR count). The Hall–Kier alpha value is -7.69. The minimum absolute atomic E-state index is 0.0772. The van der Waals surface area contributed by atoms with Gasteiger partial charge in [0.05, 0.1) is 11.0 Å².